The molecule has 0 saturated carbocycles. The largest absolute Gasteiger partial charge is 0.394 e. The van der Waals surface area contributed by atoms with Gasteiger partial charge in [0, 0.05) is 17.3 Å². The van der Waals surface area contributed by atoms with Gasteiger partial charge in [0.05, 0.1) is 29.8 Å². The van der Waals surface area contributed by atoms with Gasteiger partial charge in [-0.1, -0.05) is 29.3 Å². The third kappa shape index (κ3) is 6.91. The molecule has 8 nitrogen and oxygen atoms in total. The molecular weight excluding hydrogens is 454 g/mol. The zero-order chi connectivity index (χ0) is 23.1. The third-order valence-corrected chi connectivity index (χ3v) is 7.05. The molecule has 0 bridgehead atoms. The van der Waals surface area contributed by atoms with Crippen LogP contribution in [0.1, 0.15) is 24.8 Å². The summed E-state index contributed by atoms with van der Waals surface area (Å²) in [7, 11) is -3.71. The van der Waals surface area contributed by atoms with Crippen molar-refractivity contribution in [1.82, 2.24) is 10.0 Å². The molecule has 0 spiro atoms. The van der Waals surface area contributed by atoms with E-state index in [9.17, 15) is 18.3 Å². The SMILES string of the molecule is Cc1ccc(S(=O)(=O)N[C@@H]2CC[C@H](CCNC(=O)Nc3ccc(Cl)cc3)O[C@@H]2CO)cc1. The number of halogens is 1. The first-order valence-corrected chi connectivity index (χ1v) is 12.3. The van der Waals surface area contributed by atoms with Crippen LogP contribution in [0, 0.1) is 6.92 Å². The average molecular weight is 482 g/mol. The number of benzene rings is 2. The topological polar surface area (TPSA) is 117 Å². The number of rotatable bonds is 8. The van der Waals surface area contributed by atoms with Crippen molar-refractivity contribution in [2.45, 2.75) is 49.3 Å². The van der Waals surface area contributed by atoms with Gasteiger partial charge in [0.2, 0.25) is 10.0 Å². The second-order valence-corrected chi connectivity index (χ2v) is 9.92. The standard InChI is InChI=1S/C22H28ClN3O5S/c1-15-2-9-19(10-3-15)32(29,30)26-20-11-8-18(31-21(20)14-27)12-13-24-22(28)25-17-6-4-16(23)5-7-17/h2-7,9-10,18,20-21,26-27H,8,11-14H2,1H3,(H2,24,25,28)/t18-,20-,21-/m1/s1. The van der Waals surface area contributed by atoms with Crippen molar-refractivity contribution < 1.29 is 23.1 Å². The summed E-state index contributed by atoms with van der Waals surface area (Å²) in [4.78, 5) is 12.2. The number of urea groups is 1. The molecule has 1 saturated heterocycles. The van der Waals surface area contributed by atoms with Crippen molar-refractivity contribution in [3.8, 4) is 0 Å². The zero-order valence-electron chi connectivity index (χ0n) is 17.8. The quantitative estimate of drug-likeness (QED) is 0.462. The lowest BCUT2D eigenvalue weighted by Gasteiger charge is -2.36. The number of hydrogen-bond donors (Lipinski definition) is 4. The van der Waals surface area contributed by atoms with Crippen molar-refractivity contribution >= 4 is 33.3 Å². The van der Waals surface area contributed by atoms with Gasteiger partial charge in [0.25, 0.3) is 0 Å². The molecule has 3 atom stereocenters. The maximum Gasteiger partial charge on any atom is 0.319 e. The first-order valence-electron chi connectivity index (χ1n) is 10.4. The van der Waals surface area contributed by atoms with Gasteiger partial charge in [-0.3, -0.25) is 0 Å². The molecule has 2 amide bonds. The van der Waals surface area contributed by atoms with E-state index >= 15 is 0 Å². The molecule has 0 radical (unpaired) electrons. The summed E-state index contributed by atoms with van der Waals surface area (Å²) in [5.41, 5.74) is 1.60. The fourth-order valence-corrected chi connectivity index (χ4v) is 4.94. The minimum atomic E-state index is -3.71. The highest BCUT2D eigenvalue weighted by Gasteiger charge is 2.33. The van der Waals surface area contributed by atoms with Gasteiger partial charge >= 0.3 is 6.03 Å². The fourth-order valence-electron chi connectivity index (χ4n) is 3.52. The van der Waals surface area contributed by atoms with Crippen LogP contribution >= 0.6 is 11.6 Å². The number of anilines is 1. The molecule has 10 heteroatoms. The molecule has 0 aromatic heterocycles. The smallest absolute Gasteiger partial charge is 0.319 e. The van der Waals surface area contributed by atoms with Crippen LogP contribution in [-0.2, 0) is 14.8 Å². The van der Waals surface area contributed by atoms with Crippen molar-refractivity contribution in [1.29, 1.82) is 0 Å². The number of hydrogen-bond acceptors (Lipinski definition) is 5. The Balaban J connectivity index is 1.46. The van der Waals surface area contributed by atoms with E-state index in [0.717, 1.165) is 5.56 Å². The number of carbonyl (C=O) groups excluding carboxylic acids is 1. The van der Waals surface area contributed by atoms with Crippen LogP contribution in [0.2, 0.25) is 5.02 Å². The summed E-state index contributed by atoms with van der Waals surface area (Å²) in [6, 6.07) is 12.5. The molecule has 174 valence electrons. The normalized spacial score (nSPS) is 21.2. The van der Waals surface area contributed by atoms with Gasteiger partial charge in [-0.2, -0.15) is 0 Å². The van der Waals surface area contributed by atoms with Gasteiger partial charge in [0.1, 0.15) is 0 Å². The molecule has 2 aromatic carbocycles. The van der Waals surface area contributed by atoms with E-state index in [4.69, 9.17) is 16.3 Å². The highest BCUT2D eigenvalue weighted by molar-refractivity contribution is 7.89. The van der Waals surface area contributed by atoms with Crippen LogP contribution in [0.5, 0.6) is 0 Å². The first-order chi connectivity index (χ1) is 15.3. The molecule has 1 heterocycles. The van der Waals surface area contributed by atoms with Crippen molar-refractivity contribution in [3.63, 3.8) is 0 Å². The van der Waals surface area contributed by atoms with E-state index in [0.29, 0.717) is 36.5 Å². The molecule has 4 N–H and O–H groups in total. The number of aryl methyl sites for hydroxylation is 1. The Bertz CT molecular complexity index is 999. The molecule has 3 rings (SSSR count). The molecule has 0 aliphatic carbocycles. The van der Waals surface area contributed by atoms with Gasteiger partial charge in [0.15, 0.2) is 0 Å². The number of carbonyl (C=O) groups is 1. The third-order valence-electron chi connectivity index (χ3n) is 5.29. The van der Waals surface area contributed by atoms with E-state index in [1.807, 2.05) is 6.92 Å². The van der Waals surface area contributed by atoms with E-state index in [2.05, 4.69) is 15.4 Å². The Labute approximate surface area is 193 Å². The number of nitrogens with one attached hydrogen (secondary N) is 3. The lowest BCUT2D eigenvalue weighted by Crippen LogP contribution is -2.51. The van der Waals surface area contributed by atoms with E-state index in [-0.39, 0.29) is 23.6 Å². The van der Waals surface area contributed by atoms with E-state index < -0.39 is 22.2 Å². The predicted octanol–water partition coefficient (Wildman–Crippen LogP) is 3.05. The maximum absolute atomic E-state index is 12.7. The summed E-state index contributed by atoms with van der Waals surface area (Å²) in [5.74, 6) is 0. The van der Waals surface area contributed by atoms with Crippen LogP contribution < -0.4 is 15.4 Å². The minimum absolute atomic E-state index is 0.179. The predicted molar refractivity (Wildman–Crippen MR) is 123 cm³/mol. The molecule has 1 aliphatic heterocycles. The fraction of sp³-hybridized carbons (Fsp3) is 0.409. The Morgan fingerprint density at radius 1 is 1.12 bits per heavy atom. The van der Waals surface area contributed by atoms with Gasteiger partial charge in [-0.25, -0.2) is 17.9 Å². The molecule has 32 heavy (non-hydrogen) atoms. The van der Waals surface area contributed by atoms with E-state index in [1.54, 1.807) is 48.5 Å². The van der Waals surface area contributed by atoms with Crippen molar-refractivity contribution in [3.05, 3.63) is 59.1 Å². The van der Waals surface area contributed by atoms with Gasteiger partial charge < -0.3 is 20.5 Å². The number of aliphatic hydroxyl groups is 1. The van der Waals surface area contributed by atoms with E-state index in [1.165, 1.54) is 0 Å². The monoisotopic (exact) mass is 481 g/mol. The lowest BCUT2D eigenvalue weighted by atomic mass is 9.98. The number of ether oxygens (including phenoxy) is 1. The molecule has 1 fully saturated rings. The summed E-state index contributed by atoms with van der Waals surface area (Å²) in [5, 5.41) is 15.8. The number of aliphatic hydroxyl groups excluding tert-OH is 1. The number of amides is 2. The lowest BCUT2D eigenvalue weighted by molar-refractivity contribution is -0.0871. The minimum Gasteiger partial charge on any atom is -0.394 e. The zero-order valence-corrected chi connectivity index (χ0v) is 19.3. The van der Waals surface area contributed by atoms with Crippen molar-refractivity contribution in [2.75, 3.05) is 18.5 Å². The maximum atomic E-state index is 12.7. The molecule has 1 aliphatic rings. The Morgan fingerprint density at radius 2 is 1.81 bits per heavy atom. The molecule has 2 aromatic rings. The molecule has 0 unspecified atom stereocenters. The van der Waals surface area contributed by atoms with Crippen LogP contribution in [0.15, 0.2) is 53.4 Å². The second kappa shape index (κ2) is 11.1. The molecular formula is C22H28ClN3O5S. The summed E-state index contributed by atoms with van der Waals surface area (Å²) in [6.07, 6.45) is 0.831. The summed E-state index contributed by atoms with van der Waals surface area (Å²) in [6.45, 7) is 1.96. The highest BCUT2D eigenvalue weighted by Crippen LogP contribution is 2.23. The summed E-state index contributed by atoms with van der Waals surface area (Å²) >= 11 is 5.83. The van der Waals surface area contributed by atoms with Crippen LogP contribution in [-0.4, -0.2) is 51.0 Å². The summed E-state index contributed by atoms with van der Waals surface area (Å²) < 4.78 is 33.9. The number of sulfonamides is 1. The first kappa shape index (κ1) is 24.5. The average Bonchev–Trinajstić information content (AvgIpc) is 2.76. The van der Waals surface area contributed by atoms with Gasteiger partial charge in [-0.05, 0) is 62.6 Å². The highest BCUT2D eigenvalue weighted by atomic mass is 35.5. The van der Waals surface area contributed by atoms with Gasteiger partial charge in [-0.15, -0.1) is 0 Å². The van der Waals surface area contributed by atoms with Crippen LogP contribution in [0.3, 0.4) is 0 Å². The van der Waals surface area contributed by atoms with Crippen LogP contribution in [0.4, 0.5) is 10.5 Å². The van der Waals surface area contributed by atoms with Crippen LogP contribution in [0.25, 0.3) is 0 Å². The Hall–Kier alpha value is -2.17. The Kier molecular flexibility index (Phi) is 8.50. The second-order valence-electron chi connectivity index (χ2n) is 7.77. The Morgan fingerprint density at radius 3 is 2.47 bits per heavy atom. The van der Waals surface area contributed by atoms with Crippen molar-refractivity contribution in [2.24, 2.45) is 0 Å².